The van der Waals surface area contributed by atoms with Gasteiger partial charge in [0.05, 0.1) is 26.1 Å². The van der Waals surface area contributed by atoms with Gasteiger partial charge >= 0.3 is 6.36 Å². The molecule has 0 aromatic rings. The van der Waals surface area contributed by atoms with E-state index in [-0.39, 0.29) is 24.2 Å². The summed E-state index contributed by atoms with van der Waals surface area (Å²) in [5, 5.41) is 13.6. The maximum Gasteiger partial charge on any atom is 0.522 e. The lowest BCUT2D eigenvalue weighted by atomic mass is 9.78. The summed E-state index contributed by atoms with van der Waals surface area (Å²) in [6, 6.07) is 0.149. The molecule has 33 heavy (non-hydrogen) atoms. The highest BCUT2D eigenvalue weighted by Gasteiger charge is 2.38. The largest absolute Gasteiger partial charge is 0.522 e. The minimum Gasteiger partial charge on any atom is -0.375 e. The number of nitrogens with zero attached hydrogens (tertiary/aromatic N) is 1. The van der Waals surface area contributed by atoms with Crippen molar-refractivity contribution in [2.75, 3.05) is 53.8 Å². The summed E-state index contributed by atoms with van der Waals surface area (Å²) in [4.78, 5) is 2.17. The molecule has 1 aliphatic heterocycles. The molecule has 2 atom stereocenters. The van der Waals surface area contributed by atoms with E-state index in [1.807, 2.05) is 12.3 Å². The molecule has 4 N–H and O–H groups in total. The summed E-state index contributed by atoms with van der Waals surface area (Å²) in [6.45, 7) is 9.93. The van der Waals surface area contributed by atoms with Gasteiger partial charge in [-0.15, -0.1) is 13.2 Å². The molecule has 0 aliphatic carbocycles. The van der Waals surface area contributed by atoms with Crippen LogP contribution >= 0.6 is 0 Å². The lowest BCUT2D eigenvalue weighted by Gasteiger charge is -2.45. The van der Waals surface area contributed by atoms with E-state index in [1.54, 1.807) is 0 Å². The number of hydrogen-bond donors (Lipinski definition) is 4. The van der Waals surface area contributed by atoms with Gasteiger partial charge < -0.3 is 15.0 Å². The van der Waals surface area contributed by atoms with Crippen LogP contribution < -0.4 is 21.3 Å². The third-order valence-corrected chi connectivity index (χ3v) is 5.64. The molecule has 0 saturated carbocycles. The molecular weight excluding hydrogens is 435 g/mol. The quantitative estimate of drug-likeness (QED) is 0.154. The zero-order valence-electron chi connectivity index (χ0n) is 20.9. The van der Waals surface area contributed by atoms with Crippen LogP contribution in [0.15, 0.2) is 23.9 Å². The van der Waals surface area contributed by atoms with E-state index in [4.69, 9.17) is 4.74 Å². The van der Waals surface area contributed by atoms with Gasteiger partial charge in [0.25, 0.3) is 0 Å². The second-order valence-electron chi connectivity index (χ2n) is 9.15. The van der Waals surface area contributed by atoms with Crippen molar-refractivity contribution >= 4 is 0 Å². The monoisotopic (exact) mass is 479 g/mol. The number of alkyl halides is 3. The van der Waals surface area contributed by atoms with Gasteiger partial charge in [0.1, 0.15) is 0 Å². The zero-order valence-corrected chi connectivity index (χ0v) is 20.9. The fraction of sp³-hybridized carbons (Fsp3) is 0.826. The average Bonchev–Trinajstić information content (AvgIpc) is 2.72. The van der Waals surface area contributed by atoms with E-state index < -0.39 is 6.36 Å². The van der Waals surface area contributed by atoms with Gasteiger partial charge in [0.15, 0.2) is 0 Å². The molecule has 7 nitrogen and oxygen atoms in total. The van der Waals surface area contributed by atoms with Crippen molar-refractivity contribution in [3.05, 3.63) is 23.9 Å². The summed E-state index contributed by atoms with van der Waals surface area (Å²) in [5.41, 5.74) is 1.10. The number of halogens is 3. The molecule has 194 valence electrons. The maximum atomic E-state index is 12.0. The Bertz CT molecular complexity index is 583. The van der Waals surface area contributed by atoms with Crippen LogP contribution in [0.25, 0.3) is 0 Å². The van der Waals surface area contributed by atoms with Crippen molar-refractivity contribution in [2.45, 2.75) is 65.0 Å². The number of ether oxygens (including phenoxy) is 2. The lowest BCUT2D eigenvalue weighted by molar-refractivity contribution is -0.324. The van der Waals surface area contributed by atoms with Crippen LogP contribution in [0.3, 0.4) is 0 Å². The van der Waals surface area contributed by atoms with Crippen LogP contribution in [0.1, 0.15) is 46.5 Å². The van der Waals surface area contributed by atoms with Crippen molar-refractivity contribution in [1.29, 1.82) is 0 Å². The second kappa shape index (κ2) is 15.7. The number of hydrogen-bond acceptors (Lipinski definition) is 7. The topological polar surface area (TPSA) is 69.8 Å². The highest BCUT2D eigenvalue weighted by molar-refractivity contribution is 5.14. The first kappa shape index (κ1) is 29.9. The Labute approximate surface area is 197 Å². The van der Waals surface area contributed by atoms with Gasteiger partial charge in [-0.1, -0.05) is 32.9 Å². The Hall–Kier alpha value is -1.17. The van der Waals surface area contributed by atoms with Gasteiger partial charge in [0, 0.05) is 18.1 Å². The molecular formula is C23H44F3N5O2. The van der Waals surface area contributed by atoms with Crippen molar-refractivity contribution in [3.8, 4) is 0 Å². The van der Waals surface area contributed by atoms with E-state index in [0.717, 1.165) is 25.9 Å². The third-order valence-electron chi connectivity index (χ3n) is 5.64. The summed E-state index contributed by atoms with van der Waals surface area (Å²) in [5.74, 6) is 0. The van der Waals surface area contributed by atoms with Gasteiger partial charge in [-0.2, -0.15) is 0 Å². The number of allylic oxidation sites excluding steroid dienone is 1. The molecule has 2 unspecified atom stereocenters. The van der Waals surface area contributed by atoms with E-state index >= 15 is 0 Å². The Morgan fingerprint density at radius 1 is 1.21 bits per heavy atom. The Balaban J connectivity index is 2.43. The molecule has 0 aromatic heterocycles. The normalized spacial score (nSPS) is 21.8. The van der Waals surface area contributed by atoms with E-state index in [2.05, 4.69) is 71.8 Å². The van der Waals surface area contributed by atoms with Crippen LogP contribution in [-0.4, -0.2) is 77.3 Å². The minimum absolute atomic E-state index is 0.0139. The van der Waals surface area contributed by atoms with Crippen LogP contribution in [-0.2, 0) is 9.47 Å². The fourth-order valence-corrected chi connectivity index (χ4v) is 3.51. The highest BCUT2D eigenvalue weighted by Crippen LogP contribution is 2.28. The zero-order chi connectivity index (χ0) is 24.7. The van der Waals surface area contributed by atoms with Crippen molar-refractivity contribution in [3.63, 3.8) is 0 Å². The van der Waals surface area contributed by atoms with Gasteiger partial charge in [-0.3, -0.25) is 20.7 Å². The highest BCUT2D eigenvalue weighted by atomic mass is 19.4. The third kappa shape index (κ3) is 13.3. The Morgan fingerprint density at radius 2 is 1.97 bits per heavy atom. The molecule has 10 heteroatoms. The number of unbranched alkanes of at least 4 members (excludes halogenated alkanes) is 1. The molecule has 0 aromatic carbocycles. The summed E-state index contributed by atoms with van der Waals surface area (Å²) < 4.78 is 45.6. The summed E-state index contributed by atoms with van der Waals surface area (Å²) in [6.07, 6.45) is 4.20. The number of nitrogens with one attached hydrogen (secondary N) is 4. The van der Waals surface area contributed by atoms with Crippen LogP contribution in [0.2, 0.25) is 0 Å². The van der Waals surface area contributed by atoms with Crippen LogP contribution in [0.4, 0.5) is 13.2 Å². The molecule has 0 amide bonds. The summed E-state index contributed by atoms with van der Waals surface area (Å²) in [7, 11) is 4.14. The molecule has 1 heterocycles. The first-order chi connectivity index (χ1) is 15.6. The average molecular weight is 480 g/mol. The van der Waals surface area contributed by atoms with Gasteiger partial charge in [-0.25, -0.2) is 0 Å². The van der Waals surface area contributed by atoms with Crippen LogP contribution in [0, 0.1) is 5.41 Å². The van der Waals surface area contributed by atoms with E-state index in [9.17, 15) is 13.2 Å². The predicted molar refractivity (Wildman–Crippen MR) is 126 cm³/mol. The van der Waals surface area contributed by atoms with E-state index in [0.29, 0.717) is 32.8 Å². The molecule has 0 spiro atoms. The summed E-state index contributed by atoms with van der Waals surface area (Å²) >= 11 is 0. The SMILES string of the molecule is CC/C(=C\C1NCNC(N/C=C/CCCOC(F)(F)F)C1(C)C)COCNCCCN(C)C. The molecule has 0 radical (unpaired) electrons. The predicted octanol–water partition coefficient (Wildman–Crippen LogP) is 3.13. The Morgan fingerprint density at radius 3 is 2.64 bits per heavy atom. The molecule has 1 rings (SSSR count). The number of rotatable bonds is 16. The van der Waals surface area contributed by atoms with Crippen molar-refractivity contribution < 1.29 is 22.6 Å². The first-order valence-corrected chi connectivity index (χ1v) is 11.8. The van der Waals surface area contributed by atoms with Crippen molar-refractivity contribution in [2.24, 2.45) is 5.41 Å². The van der Waals surface area contributed by atoms with Crippen molar-refractivity contribution in [1.82, 2.24) is 26.2 Å². The van der Waals surface area contributed by atoms with Gasteiger partial charge in [-0.05, 0) is 64.6 Å². The second-order valence-corrected chi connectivity index (χ2v) is 9.15. The smallest absolute Gasteiger partial charge is 0.375 e. The molecule has 1 fully saturated rings. The van der Waals surface area contributed by atoms with Gasteiger partial charge in [0.2, 0.25) is 0 Å². The first-order valence-electron chi connectivity index (χ1n) is 11.8. The van der Waals surface area contributed by atoms with E-state index in [1.165, 1.54) is 5.57 Å². The fourth-order valence-electron chi connectivity index (χ4n) is 3.51. The lowest BCUT2D eigenvalue weighted by Crippen LogP contribution is -2.65. The molecule has 0 bridgehead atoms. The molecule has 1 aliphatic rings. The molecule has 1 saturated heterocycles. The Kier molecular flexibility index (Phi) is 14.2. The standard InChI is InChI=1S/C23H44F3N5O2/c1-6-19(16-32-18-27-11-10-13-31(4)5)15-20-22(2,3)21(30-17-29-20)28-12-8-7-9-14-33-23(24,25)26/h8,12,15,20-21,27-30H,6-7,9-11,13-14,16-18H2,1-5H3/b12-8+,19-15+. The maximum absolute atomic E-state index is 12.0. The van der Waals surface area contributed by atoms with Crippen LogP contribution in [0.5, 0.6) is 0 Å². The minimum atomic E-state index is -4.56.